The van der Waals surface area contributed by atoms with E-state index in [1.165, 1.54) is 16.7 Å². The summed E-state index contributed by atoms with van der Waals surface area (Å²) >= 11 is 0. The van der Waals surface area contributed by atoms with Crippen LogP contribution in [-0.2, 0) is 18.4 Å². The Labute approximate surface area is 182 Å². The summed E-state index contributed by atoms with van der Waals surface area (Å²) in [6, 6.07) is 13.3. The Morgan fingerprint density at radius 2 is 1.91 bits per heavy atom. The zero-order valence-electron chi connectivity index (χ0n) is 17.6. The number of carbonyl (C=O) groups is 1. The molecule has 32 heavy (non-hydrogen) atoms. The van der Waals surface area contributed by atoms with Crippen molar-refractivity contribution in [3.8, 4) is 11.4 Å². The third-order valence-corrected chi connectivity index (χ3v) is 6.01. The van der Waals surface area contributed by atoms with Gasteiger partial charge in [0.1, 0.15) is 12.4 Å². The smallest absolute Gasteiger partial charge is 0.329 e. The maximum Gasteiger partial charge on any atom is 0.329 e. The van der Waals surface area contributed by atoms with Crippen molar-refractivity contribution in [2.24, 2.45) is 7.05 Å². The lowest BCUT2D eigenvalue weighted by Gasteiger charge is -2.31. The lowest BCUT2D eigenvalue weighted by Crippen LogP contribution is -2.42. The molecule has 0 aliphatic carbocycles. The molecule has 4 aromatic rings. The number of nitrogens with zero attached hydrogens (tertiary/aromatic N) is 5. The molecular weight excluding hydrogens is 413 g/mol. The minimum absolute atomic E-state index is 0.0163. The van der Waals surface area contributed by atoms with Crippen LogP contribution in [0.25, 0.3) is 22.4 Å². The molecule has 1 atom stereocenters. The first-order valence-electron chi connectivity index (χ1n) is 10.5. The van der Waals surface area contributed by atoms with E-state index >= 15 is 0 Å². The maximum absolute atomic E-state index is 13.2. The van der Waals surface area contributed by atoms with Crippen molar-refractivity contribution in [1.29, 1.82) is 0 Å². The molecule has 3 heterocycles. The van der Waals surface area contributed by atoms with E-state index < -0.39 is 0 Å². The van der Waals surface area contributed by atoms with E-state index in [2.05, 4.69) is 10.1 Å². The first-order valence-corrected chi connectivity index (χ1v) is 10.5. The minimum atomic E-state index is -0.329. The van der Waals surface area contributed by atoms with E-state index in [-0.39, 0.29) is 29.9 Å². The summed E-state index contributed by atoms with van der Waals surface area (Å²) in [6.45, 7) is 1.05. The van der Waals surface area contributed by atoms with Crippen LogP contribution >= 0.6 is 0 Å². The van der Waals surface area contributed by atoms with E-state index in [1.54, 1.807) is 28.6 Å². The Morgan fingerprint density at radius 1 is 1.16 bits per heavy atom. The molecule has 9 heteroatoms. The van der Waals surface area contributed by atoms with Crippen LogP contribution in [0.3, 0.4) is 0 Å². The van der Waals surface area contributed by atoms with Crippen LogP contribution in [0.2, 0.25) is 0 Å². The number of benzene rings is 2. The monoisotopic (exact) mass is 435 g/mol. The summed E-state index contributed by atoms with van der Waals surface area (Å²) in [7, 11) is 1.71. The number of halogens is 1. The molecule has 1 saturated heterocycles. The van der Waals surface area contributed by atoms with Gasteiger partial charge in [-0.2, -0.15) is 4.98 Å². The summed E-state index contributed by atoms with van der Waals surface area (Å²) in [5.74, 6) is 0.323. The number of para-hydroxylation sites is 2. The molecule has 8 nitrogen and oxygen atoms in total. The van der Waals surface area contributed by atoms with Gasteiger partial charge in [0.15, 0.2) is 0 Å². The van der Waals surface area contributed by atoms with Crippen molar-refractivity contribution in [2.75, 3.05) is 13.1 Å². The number of fused-ring (bicyclic) bond motifs is 1. The van der Waals surface area contributed by atoms with Gasteiger partial charge in [0.05, 0.1) is 17.0 Å². The van der Waals surface area contributed by atoms with Crippen molar-refractivity contribution < 1.29 is 13.7 Å². The van der Waals surface area contributed by atoms with Crippen LogP contribution in [0.1, 0.15) is 24.7 Å². The molecule has 2 aromatic carbocycles. The Kier molecular flexibility index (Phi) is 5.08. The number of hydrogen-bond donors (Lipinski definition) is 0. The van der Waals surface area contributed by atoms with Crippen LogP contribution in [0.5, 0.6) is 0 Å². The van der Waals surface area contributed by atoms with Gasteiger partial charge < -0.3 is 9.42 Å². The second-order valence-electron chi connectivity index (χ2n) is 8.06. The topological polar surface area (TPSA) is 86.2 Å². The highest BCUT2D eigenvalue weighted by Crippen LogP contribution is 2.28. The first kappa shape index (κ1) is 20.2. The number of aryl methyl sites for hydroxylation is 1. The molecule has 1 unspecified atom stereocenters. The molecule has 1 aliphatic rings. The van der Waals surface area contributed by atoms with Crippen LogP contribution in [0.4, 0.5) is 4.39 Å². The SMILES string of the molecule is Cn1c(=O)n(CC(=O)N2CCCC(c3nc(-c4ccc(F)cc4)no3)C2)c2ccccc21. The lowest BCUT2D eigenvalue weighted by atomic mass is 9.98. The fraction of sp³-hybridized carbons (Fsp3) is 0.304. The van der Waals surface area contributed by atoms with Gasteiger partial charge in [-0.25, -0.2) is 9.18 Å². The van der Waals surface area contributed by atoms with Crippen LogP contribution in [0, 0.1) is 5.82 Å². The third kappa shape index (κ3) is 3.59. The molecular formula is C23H22FN5O3. The van der Waals surface area contributed by atoms with E-state index in [0.717, 1.165) is 23.9 Å². The van der Waals surface area contributed by atoms with Gasteiger partial charge in [0.25, 0.3) is 0 Å². The van der Waals surface area contributed by atoms with E-state index in [0.29, 0.717) is 30.4 Å². The third-order valence-electron chi connectivity index (χ3n) is 6.01. The fourth-order valence-electron chi connectivity index (χ4n) is 4.27. The van der Waals surface area contributed by atoms with Gasteiger partial charge in [0, 0.05) is 25.7 Å². The van der Waals surface area contributed by atoms with Crippen LogP contribution < -0.4 is 5.69 Å². The molecule has 1 fully saturated rings. The second-order valence-corrected chi connectivity index (χ2v) is 8.06. The Bertz CT molecular complexity index is 1340. The maximum atomic E-state index is 13.2. The summed E-state index contributed by atoms with van der Waals surface area (Å²) < 4.78 is 21.7. The van der Waals surface area contributed by atoms with E-state index in [9.17, 15) is 14.0 Å². The van der Waals surface area contributed by atoms with Gasteiger partial charge in [-0.1, -0.05) is 17.3 Å². The summed E-state index contributed by atoms with van der Waals surface area (Å²) in [5.41, 5.74) is 1.98. The highest BCUT2D eigenvalue weighted by Gasteiger charge is 2.29. The second kappa shape index (κ2) is 8.07. The van der Waals surface area contributed by atoms with Gasteiger partial charge in [-0.05, 0) is 49.2 Å². The molecule has 1 amide bonds. The zero-order chi connectivity index (χ0) is 22.2. The van der Waals surface area contributed by atoms with Crippen molar-refractivity contribution in [2.45, 2.75) is 25.3 Å². The van der Waals surface area contributed by atoms with Crippen molar-refractivity contribution in [3.63, 3.8) is 0 Å². The molecule has 2 aromatic heterocycles. The molecule has 1 aliphatic heterocycles. The molecule has 164 valence electrons. The standard InChI is InChI=1S/C23H22FN5O3/c1-27-18-6-2-3-7-19(18)29(23(27)31)14-20(30)28-12-4-5-16(13-28)22-25-21(26-32-22)15-8-10-17(24)11-9-15/h2-3,6-11,16H,4-5,12-14H2,1H3. The number of piperidine rings is 1. The number of amides is 1. The molecule has 0 N–H and O–H groups in total. The fourth-order valence-corrected chi connectivity index (χ4v) is 4.27. The number of aromatic nitrogens is 4. The molecule has 0 saturated carbocycles. The number of carbonyl (C=O) groups excluding carboxylic acids is 1. The van der Waals surface area contributed by atoms with Crippen LogP contribution in [0.15, 0.2) is 57.8 Å². The van der Waals surface area contributed by atoms with Gasteiger partial charge in [-0.15, -0.1) is 0 Å². The zero-order valence-corrected chi connectivity index (χ0v) is 17.6. The highest BCUT2D eigenvalue weighted by molar-refractivity contribution is 5.81. The Balaban J connectivity index is 1.33. The Morgan fingerprint density at radius 3 is 2.69 bits per heavy atom. The average Bonchev–Trinajstić information content (AvgIpc) is 3.40. The Hall–Kier alpha value is -3.75. The van der Waals surface area contributed by atoms with Gasteiger partial charge in [0.2, 0.25) is 17.6 Å². The van der Waals surface area contributed by atoms with Gasteiger partial charge >= 0.3 is 5.69 Å². The predicted octanol–water partition coefficient (Wildman–Crippen LogP) is 2.94. The number of rotatable bonds is 4. The van der Waals surface area contributed by atoms with Gasteiger partial charge in [-0.3, -0.25) is 13.9 Å². The highest BCUT2D eigenvalue weighted by atomic mass is 19.1. The van der Waals surface area contributed by atoms with E-state index in [4.69, 9.17) is 4.52 Å². The first-order chi connectivity index (χ1) is 15.5. The largest absolute Gasteiger partial charge is 0.340 e. The predicted molar refractivity (Wildman–Crippen MR) is 115 cm³/mol. The molecule has 5 rings (SSSR count). The quantitative estimate of drug-likeness (QED) is 0.492. The summed E-state index contributed by atoms with van der Waals surface area (Å²) in [6.07, 6.45) is 1.62. The number of imidazole rings is 1. The minimum Gasteiger partial charge on any atom is -0.340 e. The van der Waals surface area contributed by atoms with Crippen LogP contribution in [-0.4, -0.2) is 43.2 Å². The lowest BCUT2D eigenvalue weighted by molar-refractivity contribution is -0.133. The molecule has 0 bridgehead atoms. The van der Waals surface area contributed by atoms with Crippen molar-refractivity contribution in [3.05, 3.63) is 70.7 Å². The number of hydrogen-bond acceptors (Lipinski definition) is 5. The number of likely N-dealkylation sites (tertiary alicyclic amines) is 1. The van der Waals surface area contributed by atoms with Crippen molar-refractivity contribution >= 4 is 16.9 Å². The molecule has 0 radical (unpaired) electrons. The summed E-state index contributed by atoms with van der Waals surface area (Å²) in [5, 5.41) is 4.02. The normalized spacial score (nSPS) is 16.6. The summed E-state index contributed by atoms with van der Waals surface area (Å²) in [4.78, 5) is 31.9. The average molecular weight is 435 g/mol. The molecule has 0 spiro atoms. The van der Waals surface area contributed by atoms with E-state index in [1.807, 2.05) is 24.3 Å². The van der Waals surface area contributed by atoms with Crippen molar-refractivity contribution in [1.82, 2.24) is 24.2 Å².